The van der Waals surface area contributed by atoms with Crippen molar-refractivity contribution in [2.24, 2.45) is 0 Å². The number of hydrogen-bond donors (Lipinski definition) is 0. The second-order valence-corrected chi connectivity index (χ2v) is 4.83. The maximum atomic E-state index is 11.2. The van der Waals surface area contributed by atoms with Gasteiger partial charge in [0.15, 0.2) is 0 Å². The van der Waals surface area contributed by atoms with Gasteiger partial charge in [0.25, 0.3) is 0 Å². The Labute approximate surface area is 112 Å². The van der Waals surface area contributed by atoms with Crippen molar-refractivity contribution in [2.75, 3.05) is 0 Å². The largest absolute Gasteiger partial charge is 0.453 e. The first-order valence-electron chi connectivity index (χ1n) is 6.60. The molecule has 1 atom stereocenters. The van der Waals surface area contributed by atoms with E-state index in [1.54, 1.807) is 0 Å². The van der Waals surface area contributed by atoms with E-state index in [0.29, 0.717) is 0 Å². The summed E-state index contributed by atoms with van der Waals surface area (Å²) >= 11 is 0. The number of carbonyl (C=O) groups excluding carboxylic acids is 1. The highest BCUT2D eigenvalue weighted by Gasteiger charge is 2.20. The van der Waals surface area contributed by atoms with Crippen molar-refractivity contribution in [3.05, 3.63) is 53.1 Å². The zero-order valence-corrected chi connectivity index (χ0v) is 11.1. The molecule has 0 saturated heterocycles. The van der Waals surface area contributed by atoms with E-state index in [1.807, 2.05) is 18.2 Å². The maximum Gasteiger partial charge on any atom is 0.303 e. The summed E-state index contributed by atoms with van der Waals surface area (Å²) in [6.07, 6.45) is 4.79. The van der Waals surface area contributed by atoms with Gasteiger partial charge in [-0.15, -0.1) is 0 Å². The summed E-state index contributed by atoms with van der Waals surface area (Å²) in [4.78, 5) is 11.2. The van der Waals surface area contributed by atoms with Gasteiger partial charge in [-0.2, -0.15) is 0 Å². The highest BCUT2D eigenvalue weighted by atomic mass is 16.5. The lowest BCUT2D eigenvalue weighted by atomic mass is 9.88. The van der Waals surface area contributed by atoms with Crippen LogP contribution in [0.15, 0.2) is 36.4 Å². The molecule has 19 heavy (non-hydrogen) atoms. The lowest BCUT2D eigenvalue weighted by Crippen LogP contribution is -2.10. The molecule has 96 valence electrons. The minimum Gasteiger partial charge on any atom is -0.453 e. The summed E-state index contributed by atoms with van der Waals surface area (Å²) in [5, 5.41) is 2.42. The highest BCUT2D eigenvalue weighted by molar-refractivity contribution is 5.96. The van der Waals surface area contributed by atoms with Gasteiger partial charge in [0.1, 0.15) is 6.10 Å². The monoisotopic (exact) mass is 252 g/mol. The molecule has 1 unspecified atom stereocenters. The molecule has 0 N–H and O–H groups in total. The van der Waals surface area contributed by atoms with Crippen LogP contribution in [0, 0.1) is 0 Å². The van der Waals surface area contributed by atoms with E-state index in [-0.39, 0.29) is 12.1 Å². The number of benzene rings is 2. The zero-order chi connectivity index (χ0) is 13.4. The van der Waals surface area contributed by atoms with Crippen molar-refractivity contribution in [1.82, 2.24) is 0 Å². The van der Waals surface area contributed by atoms with Gasteiger partial charge < -0.3 is 4.74 Å². The fraction of sp³-hybridized carbons (Fsp3) is 0.235. The Hall–Kier alpha value is -2.09. The van der Waals surface area contributed by atoms with E-state index in [1.165, 1.54) is 28.8 Å². The molecule has 0 aromatic heterocycles. The van der Waals surface area contributed by atoms with Crippen LogP contribution in [0.1, 0.15) is 36.6 Å². The van der Waals surface area contributed by atoms with Gasteiger partial charge in [-0.05, 0) is 34.4 Å². The van der Waals surface area contributed by atoms with Crippen molar-refractivity contribution in [3.63, 3.8) is 0 Å². The fourth-order valence-electron chi connectivity index (χ4n) is 2.78. The molecule has 2 aromatic rings. The first kappa shape index (κ1) is 12.0. The van der Waals surface area contributed by atoms with E-state index in [9.17, 15) is 4.79 Å². The molecule has 0 radical (unpaired) electrons. The Morgan fingerprint density at radius 3 is 2.84 bits per heavy atom. The summed E-state index contributed by atoms with van der Waals surface area (Å²) < 4.78 is 5.39. The number of hydrogen-bond acceptors (Lipinski definition) is 2. The fourth-order valence-corrected chi connectivity index (χ4v) is 2.78. The second kappa shape index (κ2) is 4.54. The molecule has 2 nitrogen and oxygen atoms in total. The number of aryl methyl sites for hydroxylation is 1. The Morgan fingerprint density at radius 2 is 2.11 bits per heavy atom. The molecule has 0 aliphatic heterocycles. The molecule has 0 amide bonds. The summed E-state index contributed by atoms with van der Waals surface area (Å²) in [5.74, 6) is -0.248. The maximum absolute atomic E-state index is 11.2. The van der Waals surface area contributed by atoms with Gasteiger partial charge in [0.05, 0.1) is 0 Å². The second-order valence-electron chi connectivity index (χ2n) is 4.83. The standard InChI is InChI=1S/C17H16O2/c1-3-12-7-8-13-5-4-6-15-16(19-11(2)18)10-9-14(12)17(13)15/h4-10,16H,3H2,1-2H3. The average Bonchev–Trinajstić information content (AvgIpc) is 2.41. The van der Waals surface area contributed by atoms with E-state index in [2.05, 4.69) is 31.2 Å². The third-order valence-electron chi connectivity index (χ3n) is 3.63. The topological polar surface area (TPSA) is 26.3 Å². The van der Waals surface area contributed by atoms with Crippen molar-refractivity contribution in [3.8, 4) is 0 Å². The van der Waals surface area contributed by atoms with Crippen molar-refractivity contribution < 1.29 is 9.53 Å². The lowest BCUT2D eigenvalue weighted by molar-refractivity contribution is -0.144. The Bertz CT molecular complexity index is 683. The predicted octanol–water partition coefficient (Wildman–Crippen LogP) is 4.03. The van der Waals surface area contributed by atoms with Gasteiger partial charge >= 0.3 is 5.97 Å². The number of ether oxygens (including phenoxy) is 1. The molecule has 1 aliphatic rings. The van der Waals surface area contributed by atoms with Crippen molar-refractivity contribution in [1.29, 1.82) is 0 Å². The average molecular weight is 252 g/mol. The molecule has 0 saturated carbocycles. The molecule has 0 heterocycles. The summed E-state index contributed by atoms with van der Waals surface area (Å²) in [7, 11) is 0. The van der Waals surface area contributed by atoms with Crippen LogP contribution in [-0.4, -0.2) is 5.97 Å². The van der Waals surface area contributed by atoms with Gasteiger partial charge in [0.2, 0.25) is 0 Å². The van der Waals surface area contributed by atoms with Gasteiger partial charge in [-0.25, -0.2) is 0 Å². The Balaban J connectivity index is 2.25. The molecule has 2 heteroatoms. The highest BCUT2D eigenvalue weighted by Crippen LogP contribution is 2.37. The van der Waals surface area contributed by atoms with E-state index in [4.69, 9.17) is 4.74 Å². The summed E-state index contributed by atoms with van der Waals surface area (Å²) in [5.41, 5.74) is 3.68. The normalized spacial score (nSPS) is 16.6. The first-order valence-corrected chi connectivity index (χ1v) is 6.60. The SMILES string of the molecule is CCc1ccc2cccc3c2c1C=CC3OC(C)=O. The van der Waals surface area contributed by atoms with Crippen LogP contribution in [-0.2, 0) is 16.0 Å². The van der Waals surface area contributed by atoms with Crippen molar-refractivity contribution in [2.45, 2.75) is 26.4 Å². The summed E-state index contributed by atoms with van der Waals surface area (Å²) in [6.45, 7) is 3.61. The Morgan fingerprint density at radius 1 is 1.26 bits per heavy atom. The summed E-state index contributed by atoms with van der Waals surface area (Å²) in [6, 6.07) is 10.5. The van der Waals surface area contributed by atoms with Gasteiger partial charge in [-0.3, -0.25) is 4.79 Å². The zero-order valence-electron chi connectivity index (χ0n) is 11.1. The van der Waals surface area contributed by atoms with Crippen LogP contribution >= 0.6 is 0 Å². The van der Waals surface area contributed by atoms with E-state index in [0.717, 1.165) is 12.0 Å². The Kier molecular flexibility index (Phi) is 2.86. The van der Waals surface area contributed by atoms with Crippen LogP contribution in [0.25, 0.3) is 16.8 Å². The van der Waals surface area contributed by atoms with Crippen LogP contribution in [0.5, 0.6) is 0 Å². The molecular formula is C17H16O2. The first-order chi connectivity index (χ1) is 9.20. The van der Waals surface area contributed by atoms with Crippen LogP contribution in [0.3, 0.4) is 0 Å². The predicted molar refractivity (Wildman–Crippen MR) is 76.9 cm³/mol. The number of esters is 1. The van der Waals surface area contributed by atoms with E-state index < -0.39 is 0 Å². The minimum atomic E-state index is -0.263. The lowest BCUT2D eigenvalue weighted by Gasteiger charge is -2.22. The molecule has 1 aliphatic carbocycles. The van der Waals surface area contributed by atoms with Crippen LogP contribution < -0.4 is 0 Å². The smallest absolute Gasteiger partial charge is 0.303 e. The van der Waals surface area contributed by atoms with Gasteiger partial charge in [-0.1, -0.05) is 43.3 Å². The van der Waals surface area contributed by atoms with Gasteiger partial charge in [0, 0.05) is 12.5 Å². The number of rotatable bonds is 2. The molecular weight excluding hydrogens is 236 g/mol. The van der Waals surface area contributed by atoms with E-state index >= 15 is 0 Å². The molecule has 2 aromatic carbocycles. The van der Waals surface area contributed by atoms with Crippen LogP contribution in [0.2, 0.25) is 0 Å². The molecule has 0 spiro atoms. The number of carbonyl (C=O) groups is 1. The van der Waals surface area contributed by atoms with Crippen molar-refractivity contribution >= 4 is 22.8 Å². The third-order valence-corrected chi connectivity index (χ3v) is 3.63. The molecule has 0 bridgehead atoms. The third kappa shape index (κ3) is 1.93. The quantitative estimate of drug-likeness (QED) is 0.754. The minimum absolute atomic E-state index is 0.248. The van der Waals surface area contributed by atoms with Crippen LogP contribution in [0.4, 0.5) is 0 Å². The molecule has 3 rings (SSSR count). The molecule has 0 fully saturated rings.